The van der Waals surface area contributed by atoms with E-state index in [-0.39, 0.29) is 22.4 Å². The lowest BCUT2D eigenvalue weighted by molar-refractivity contribution is 0.102. The number of aryl methyl sites for hydroxylation is 1. The van der Waals surface area contributed by atoms with E-state index in [0.29, 0.717) is 5.69 Å². The summed E-state index contributed by atoms with van der Waals surface area (Å²) in [6.07, 6.45) is 3.18. The number of sulfonamides is 1. The maximum Gasteiger partial charge on any atom is 0.255 e. The van der Waals surface area contributed by atoms with Gasteiger partial charge in [-0.05, 0) is 50.6 Å². The highest BCUT2D eigenvalue weighted by Gasteiger charge is 2.17. The van der Waals surface area contributed by atoms with Crippen molar-refractivity contribution < 1.29 is 13.2 Å². The molecule has 0 saturated heterocycles. The summed E-state index contributed by atoms with van der Waals surface area (Å²) in [5.74, 6) is -0.386. The first-order valence-corrected chi connectivity index (χ1v) is 8.62. The van der Waals surface area contributed by atoms with E-state index in [1.807, 2.05) is 6.92 Å². The predicted molar refractivity (Wildman–Crippen MR) is 88.8 cm³/mol. The summed E-state index contributed by atoms with van der Waals surface area (Å²) in [4.78, 5) is 16.3. The van der Waals surface area contributed by atoms with E-state index in [1.54, 1.807) is 44.4 Å². The molecule has 0 aliphatic rings. The lowest BCUT2D eigenvalue weighted by Gasteiger charge is -2.11. The van der Waals surface area contributed by atoms with Crippen molar-refractivity contribution in [3.8, 4) is 0 Å². The highest BCUT2D eigenvalue weighted by Crippen LogP contribution is 2.16. The van der Waals surface area contributed by atoms with Gasteiger partial charge >= 0.3 is 0 Å². The van der Waals surface area contributed by atoms with Crippen molar-refractivity contribution in [2.45, 2.75) is 31.7 Å². The Kier molecular flexibility index (Phi) is 5.12. The molecule has 0 radical (unpaired) electrons. The summed E-state index contributed by atoms with van der Waals surface area (Å²) in [7, 11) is -3.64. The molecule has 2 rings (SSSR count). The molecule has 2 aromatic rings. The zero-order chi connectivity index (χ0) is 17.0. The normalized spacial score (nSPS) is 11.5. The predicted octanol–water partition coefficient (Wildman–Crippen LogP) is 2.33. The lowest BCUT2D eigenvalue weighted by Crippen LogP contribution is -2.30. The molecule has 2 N–H and O–H groups in total. The van der Waals surface area contributed by atoms with Crippen molar-refractivity contribution in [3.63, 3.8) is 0 Å². The fourth-order valence-electron chi connectivity index (χ4n) is 1.97. The van der Waals surface area contributed by atoms with Crippen molar-refractivity contribution in [1.82, 2.24) is 9.71 Å². The Hall–Kier alpha value is -2.25. The fourth-order valence-corrected chi connectivity index (χ4v) is 3.27. The Morgan fingerprint density at radius 2 is 1.96 bits per heavy atom. The van der Waals surface area contributed by atoms with E-state index in [0.717, 1.165) is 5.56 Å². The maximum atomic E-state index is 12.3. The second kappa shape index (κ2) is 6.89. The number of anilines is 1. The first kappa shape index (κ1) is 17.1. The van der Waals surface area contributed by atoms with Crippen molar-refractivity contribution in [2.75, 3.05) is 5.32 Å². The molecule has 23 heavy (non-hydrogen) atoms. The summed E-state index contributed by atoms with van der Waals surface area (Å²) in [5, 5.41) is 2.73. The van der Waals surface area contributed by atoms with Crippen LogP contribution in [0.25, 0.3) is 0 Å². The van der Waals surface area contributed by atoms with Gasteiger partial charge in [0.15, 0.2) is 0 Å². The van der Waals surface area contributed by atoms with E-state index >= 15 is 0 Å². The van der Waals surface area contributed by atoms with Gasteiger partial charge in [-0.3, -0.25) is 9.78 Å². The number of carbonyl (C=O) groups is 1. The Labute approximate surface area is 136 Å². The molecule has 0 aliphatic carbocycles. The molecule has 0 spiro atoms. The zero-order valence-electron chi connectivity index (χ0n) is 13.2. The van der Waals surface area contributed by atoms with Gasteiger partial charge in [-0.1, -0.05) is 6.07 Å². The Balaban J connectivity index is 2.26. The first-order chi connectivity index (χ1) is 10.8. The van der Waals surface area contributed by atoms with Gasteiger partial charge in [-0.2, -0.15) is 0 Å². The van der Waals surface area contributed by atoms with Gasteiger partial charge in [0.05, 0.1) is 16.8 Å². The highest BCUT2D eigenvalue weighted by molar-refractivity contribution is 7.89. The molecule has 122 valence electrons. The van der Waals surface area contributed by atoms with Crippen LogP contribution in [0.5, 0.6) is 0 Å². The standard InChI is InChI=1S/C16H19N3O3S/c1-11(2)19-23(21,22)14-6-4-5-13(9-14)16(20)18-15-10-17-8-7-12(15)3/h4-11,19H,1-3H3,(H,18,20). The molecular weight excluding hydrogens is 314 g/mol. The van der Waals surface area contributed by atoms with Crippen LogP contribution in [0.3, 0.4) is 0 Å². The van der Waals surface area contributed by atoms with Gasteiger partial charge in [-0.25, -0.2) is 13.1 Å². The van der Waals surface area contributed by atoms with Gasteiger partial charge in [-0.15, -0.1) is 0 Å². The number of aromatic nitrogens is 1. The molecule has 6 nitrogen and oxygen atoms in total. The third-order valence-corrected chi connectivity index (χ3v) is 4.74. The van der Waals surface area contributed by atoms with E-state index < -0.39 is 10.0 Å². The van der Waals surface area contributed by atoms with Crippen LogP contribution >= 0.6 is 0 Å². The van der Waals surface area contributed by atoms with Crippen LogP contribution in [0.1, 0.15) is 29.8 Å². The molecule has 1 heterocycles. The lowest BCUT2D eigenvalue weighted by atomic mass is 10.2. The minimum absolute atomic E-state index is 0.0572. The van der Waals surface area contributed by atoms with Crippen LogP contribution in [0, 0.1) is 6.92 Å². The summed E-state index contributed by atoms with van der Waals surface area (Å²) < 4.78 is 26.8. The average Bonchev–Trinajstić information content (AvgIpc) is 2.48. The number of carbonyl (C=O) groups excluding carboxylic acids is 1. The minimum Gasteiger partial charge on any atom is -0.320 e. The number of hydrogen-bond acceptors (Lipinski definition) is 4. The van der Waals surface area contributed by atoms with Crippen LogP contribution in [0.2, 0.25) is 0 Å². The molecule has 0 fully saturated rings. The molecular formula is C16H19N3O3S. The first-order valence-electron chi connectivity index (χ1n) is 7.14. The number of amides is 1. The second-order valence-electron chi connectivity index (χ2n) is 5.45. The number of nitrogens with one attached hydrogen (secondary N) is 2. The van der Waals surface area contributed by atoms with Crippen molar-refractivity contribution >= 4 is 21.6 Å². The Morgan fingerprint density at radius 3 is 2.61 bits per heavy atom. The van der Waals surface area contributed by atoms with Crippen molar-refractivity contribution in [1.29, 1.82) is 0 Å². The van der Waals surface area contributed by atoms with Crippen molar-refractivity contribution in [3.05, 3.63) is 53.9 Å². The van der Waals surface area contributed by atoms with Crippen LogP contribution in [-0.2, 0) is 10.0 Å². The number of benzene rings is 1. The molecule has 0 saturated carbocycles. The van der Waals surface area contributed by atoms with E-state index in [1.165, 1.54) is 12.1 Å². The monoisotopic (exact) mass is 333 g/mol. The SMILES string of the molecule is Cc1ccncc1NC(=O)c1cccc(S(=O)(=O)NC(C)C)c1. The zero-order valence-corrected chi connectivity index (χ0v) is 14.0. The summed E-state index contributed by atoms with van der Waals surface area (Å²) in [6.45, 7) is 5.32. The fraction of sp³-hybridized carbons (Fsp3) is 0.250. The molecule has 0 bridgehead atoms. The van der Waals surface area contributed by atoms with Crippen LogP contribution < -0.4 is 10.0 Å². The molecule has 1 aromatic heterocycles. The Bertz CT molecular complexity index is 817. The molecule has 1 amide bonds. The molecule has 7 heteroatoms. The van der Waals surface area contributed by atoms with Gasteiger partial charge in [0, 0.05) is 17.8 Å². The third-order valence-electron chi connectivity index (χ3n) is 3.08. The van der Waals surface area contributed by atoms with Gasteiger partial charge in [0.25, 0.3) is 5.91 Å². The number of rotatable bonds is 5. The summed E-state index contributed by atoms with van der Waals surface area (Å²) in [5.41, 5.74) is 1.73. The average molecular weight is 333 g/mol. The van der Waals surface area contributed by atoms with Crippen LogP contribution in [-0.4, -0.2) is 25.4 Å². The van der Waals surface area contributed by atoms with Crippen LogP contribution in [0.15, 0.2) is 47.6 Å². The summed E-state index contributed by atoms with van der Waals surface area (Å²) in [6, 6.07) is 7.47. The molecule has 0 aliphatic heterocycles. The third kappa shape index (κ3) is 4.37. The van der Waals surface area contributed by atoms with E-state index in [9.17, 15) is 13.2 Å². The quantitative estimate of drug-likeness (QED) is 0.879. The smallest absolute Gasteiger partial charge is 0.255 e. The number of hydrogen-bond donors (Lipinski definition) is 2. The number of pyridine rings is 1. The largest absolute Gasteiger partial charge is 0.320 e. The Morgan fingerprint density at radius 1 is 1.22 bits per heavy atom. The molecule has 0 atom stereocenters. The highest BCUT2D eigenvalue weighted by atomic mass is 32.2. The maximum absolute atomic E-state index is 12.3. The second-order valence-corrected chi connectivity index (χ2v) is 7.16. The van der Waals surface area contributed by atoms with Gasteiger partial charge in [0.1, 0.15) is 0 Å². The van der Waals surface area contributed by atoms with Gasteiger partial charge in [0.2, 0.25) is 10.0 Å². The van der Waals surface area contributed by atoms with Gasteiger partial charge < -0.3 is 5.32 Å². The van der Waals surface area contributed by atoms with E-state index in [2.05, 4.69) is 15.0 Å². The van der Waals surface area contributed by atoms with Crippen LogP contribution in [0.4, 0.5) is 5.69 Å². The number of nitrogens with zero attached hydrogens (tertiary/aromatic N) is 1. The van der Waals surface area contributed by atoms with Crippen molar-refractivity contribution in [2.24, 2.45) is 0 Å². The summed E-state index contributed by atoms with van der Waals surface area (Å²) >= 11 is 0. The minimum atomic E-state index is -3.64. The molecule has 1 aromatic carbocycles. The van der Waals surface area contributed by atoms with E-state index in [4.69, 9.17) is 0 Å². The molecule has 0 unspecified atom stereocenters. The topological polar surface area (TPSA) is 88.2 Å².